The second kappa shape index (κ2) is 8.32. The summed E-state index contributed by atoms with van der Waals surface area (Å²) >= 11 is 6.38. The molecule has 30 heavy (non-hydrogen) atoms. The van der Waals surface area contributed by atoms with Crippen LogP contribution in [-0.2, 0) is 17.9 Å². The third-order valence-corrected chi connectivity index (χ3v) is 5.23. The van der Waals surface area contributed by atoms with Crippen molar-refractivity contribution >= 4 is 28.4 Å². The zero-order valence-electron chi connectivity index (χ0n) is 16.2. The maximum atomic E-state index is 13.7. The van der Waals surface area contributed by atoms with E-state index in [1.807, 2.05) is 35.4 Å². The van der Waals surface area contributed by atoms with Gasteiger partial charge in [0.15, 0.2) is 0 Å². The number of fused-ring (bicyclic) bond motifs is 1. The number of hydrogen-bond donors (Lipinski definition) is 0. The molecular formula is C23H19ClF2N2O2. The Kier molecular flexibility index (Phi) is 5.59. The average molecular weight is 429 g/mol. The standard InChI is InChI=1S/C23H19ClF2N2O2/c1-15(29)28-9-6-17-10-16(2-5-22(17)28)12-27-8-7-23(20(24)13-27)30-14-18-3-4-19(25)11-21(18)26/h2-11H,12-14H2,1H3. The third kappa shape index (κ3) is 4.24. The van der Waals surface area contributed by atoms with Crippen LogP contribution in [0.2, 0.25) is 0 Å². The SMILES string of the molecule is CC(=O)n1ccc2cc(CN3C=CC(OCc4ccc(F)cc4F)=C(Cl)C3)ccc21. The Bertz CT molecular complexity index is 1180. The van der Waals surface area contributed by atoms with E-state index < -0.39 is 11.6 Å². The summed E-state index contributed by atoms with van der Waals surface area (Å²) in [4.78, 5) is 13.7. The fraction of sp³-hybridized carbons (Fsp3) is 0.174. The molecule has 1 aliphatic rings. The predicted molar refractivity (Wildman–Crippen MR) is 112 cm³/mol. The summed E-state index contributed by atoms with van der Waals surface area (Å²) in [5.74, 6) is -0.841. The highest BCUT2D eigenvalue weighted by molar-refractivity contribution is 6.30. The fourth-order valence-electron chi connectivity index (χ4n) is 3.40. The Balaban J connectivity index is 1.40. The molecule has 0 amide bonds. The molecule has 0 fully saturated rings. The Hall–Kier alpha value is -3.12. The zero-order chi connectivity index (χ0) is 21.3. The molecule has 2 heterocycles. The topological polar surface area (TPSA) is 34.5 Å². The lowest BCUT2D eigenvalue weighted by atomic mass is 10.1. The number of aromatic nitrogens is 1. The lowest BCUT2D eigenvalue weighted by Gasteiger charge is -2.25. The molecule has 4 rings (SSSR count). The van der Waals surface area contributed by atoms with Crippen LogP contribution < -0.4 is 0 Å². The van der Waals surface area contributed by atoms with Crippen LogP contribution >= 0.6 is 11.6 Å². The number of allylic oxidation sites excluding steroid dienone is 1. The van der Waals surface area contributed by atoms with Crippen LogP contribution in [0.25, 0.3) is 10.9 Å². The number of hydrogen-bond acceptors (Lipinski definition) is 3. The molecule has 0 aliphatic carbocycles. The third-order valence-electron chi connectivity index (χ3n) is 4.92. The molecule has 0 radical (unpaired) electrons. The first-order valence-electron chi connectivity index (χ1n) is 9.39. The molecule has 0 saturated heterocycles. The number of carbonyl (C=O) groups is 1. The lowest BCUT2D eigenvalue weighted by molar-refractivity contribution is 0.0941. The van der Waals surface area contributed by atoms with E-state index in [2.05, 4.69) is 0 Å². The van der Waals surface area contributed by atoms with E-state index in [0.29, 0.717) is 23.9 Å². The number of benzene rings is 2. The van der Waals surface area contributed by atoms with E-state index in [1.54, 1.807) is 16.8 Å². The van der Waals surface area contributed by atoms with Gasteiger partial charge >= 0.3 is 0 Å². The van der Waals surface area contributed by atoms with Gasteiger partial charge in [-0.2, -0.15) is 0 Å². The maximum absolute atomic E-state index is 13.7. The van der Waals surface area contributed by atoms with Gasteiger partial charge in [0.2, 0.25) is 5.91 Å². The van der Waals surface area contributed by atoms with Crippen molar-refractivity contribution < 1.29 is 18.3 Å². The van der Waals surface area contributed by atoms with Crippen molar-refractivity contribution in [2.45, 2.75) is 20.1 Å². The van der Waals surface area contributed by atoms with Crippen LogP contribution in [0.4, 0.5) is 8.78 Å². The van der Waals surface area contributed by atoms with Crippen LogP contribution in [0, 0.1) is 11.6 Å². The van der Waals surface area contributed by atoms with Gasteiger partial charge in [-0.3, -0.25) is 9.36 Å². The number of nitrogens with zero attached hydrogens (tertiary/aromatic N) is 2. The van der Waals surface area contributed by atoms with E-state index >= 15 is 0 Å². The second-order valence-electron chi connectivity index (χ2n) is 7.11. The molecule has 4 nitrogen and oxygen atoms in total. The number of halogens is 3. The van der Waals surface area contributed by atoms with Crippen LogP contribution in [0.3, 0.4) is 0 Å². The Morgan fingerprint density at radius 2 is 2.00 bits per heavy atom. The van der Waals surface area contributed by atoms with E-state index in [-0.39, 0.29) is 18.1 Å². The molecule has 0 N–H and O–H groups in total. The molecule has 0 spiro atoms. The monoisotopic (exact) mass is 428 g/mol. The van der Waals surface area contributed by atoms with Crippen LogP contribution in [-0.4, -0.2) is 21.9 Å². The Morgan fingerprint density at radius 3 is 2.73 bits per heavy atom. The lowest BCUT2D eigenvalue weighted by Crippen LogP contribution is -2.22. The summed E-state index contributed by atoms with van der Waals surface area (Å²) in [5, 5.41) is 1.50. The summed E-state index contributed by atoms with van der Waals surface area (Å²) in [5.41, 5.74) is 2.22. The molecule has 0 bridgehead atoms. The molecule has 3 aromatic rings. The van der Waals surface area contributed by atoms with Crippen molar-refractivity contribution in [1.29, 1.82) is 0 Å². The normalized spacial score (nSPS) is 13.9. The van der Waals surface area contributed by atoms with E-state index in [0.717, 1.165) is 22.5 Å². The summed E-state index contributed by atoms with van der Waals surface area (Å²) in [6.07, 6.45) is 5.37. The van der Waals surface area contributed by atoms with Gasteiger partial charge in [0.1, 0.15) is 24.0 Å². The van der Waals surface area contributed by atoms with Gasteiger partial charge < -0.3 is 9.64 Å². The van der Waals surface area contributed by atoms with Crippen molar-refractivity contribution in [2.24, 2.45) is 0 Å². The molecular weight excluding hydrogens is 410 g/mol. The van der Waals surface area contributed by atoms with Gasteiger partial charge in [0, 0.05) is 42.9 Å². The largest absolute Gasteiger partial charge is 0.487 e. The molecule has 1 aromatic heterocycles. The number of ether oxygens (including phenoxy) is 1. The van der Waals surface area contributed by atoms with Crippen molar-refractivity contribution in [3.05, 3.63) is 94.5 Å². The van der Waals surface area contributed by atoms with E-state index in [9.17, 15) is 13.6 Å². The van der Waals surface area contributed by atoms with Gasteiger partial charge in [-0.15, -0.1) is 0 Å². The van der Waals surface area contributed by atoms with Gasteiger partial charge in [0.05, 0.1) is 17.1 Å². The van der Waals surface area contributed by atoms with Gasteiger partial charge in [-0.1, -0.05) is 17.7 Å². The first-order valence-corrected chi connectivity index (χ1v) is 9.77. The quantitative estimate of drug-likeness (QED) is 0.532. The molecule has 154 valence electrons. The highest BCUT2D eigenvalue weighted by Crippen LogP contribution is 2.24. The smallest absolute Gasteiger partial charge is 0.227 e. The minimum absolute atomic E-state index is 0.0262. The van der Waals surface area contributed by atoms with Crippen LogP contribution in [0.15, 0.2) is 71.7 Å². The first-order chi connectivity index (χ1) is 14.4. The minimum atomic E-state index is -0.651. The number of rotatable bonds is 5. The highest BCUT2D eigenvalue weighted by atomic mass is 35.5. The highest BCUT2D eigenvalue weighted by Gasteiger charge is 2.15. The average Bonchev–Trinajstić information content (AvgIpc) is 3.12. The molecule has 0 unspecified atom stereocenters. The fourth-order valence-corrected chi connectivity index (χ4v) is 3.67. The zero-order valence-corrected chi connectivity index (χ0v) is 17.0. The maximum Gasteiger partial charge on any atom is 0.227 e. The minimum Gasteiger partial charge on any atom is -0.487 e. The molecule has 0 saturated carbocycles. The van der Waals surface area contributed by atoms with Crippen molar-refractivity contribution in [3.8, 4) is 0 Å². The summed E-state index contributed by atoms with van der Waals surface area (Å²) in [7, 11) is 0. The molecule has 1 aliphatic heterocycles. The van der Waals surface area contributed by atoms with Gasteiger partial charge in [-0.05, 0) is 42.0 Å². The molecule has 0 atom stereocenters. The van der Waals surface area contributed by atoms with Crippen molar-refractivity contribution in [1.82, 2.24) is 9.47 Å². The molecule has 2 aromatic carbocycles. The first kappa shape index (κ1) is 20.2. The second-order valence-corrected chi connectivity index (χ2v) is 7.57. The van der Waals surface area contributed by atoms with E-state index in [1.165, 1.54) is 19.1 Å². The van der Waals surface area contributed by atoms with Crippen molar-refractivity contribution in [2.75, 3.05) is 6.54 Å². The van der Waals surface area contributed by atoms with Crippen molar-refractivity contribution in [3.63, 3.8) is 0 Å². The van der Waals surface area contributed by atoms with Crippen LogP contribution in [0.1, 0.15) is 22.8 Å². The molecule has 7 heteroatoms. The predicted octanol–water partition coefficient (Wildman–Crippen LogP) is 5.58. The van der Waals surface area contributed by atoms with Gasteiger partial charge in [-0.25, -0.2) is 8.78 Å². The summed E-state index contributed by atoms with van der Waals surface area (Å²) in [6, 6.07) is 11.3. The summed E-state index contributed by atoms with van der Waals surface area (Å²) in [6.45, 7) is 2.58. The van der Waals surface area contributed by atoms with E-state index in [4.69, 9.17) is 16.3 Å². The van der Waals surface area contributed by atoms with Gasteiger partial charge in [0.25, 0.3) is 0 Å². The van der Waals surface area contributed by atoms with Crippen LogP contribution in [0.5, 0.6) is 0 Å². The number of carbonyl (C=O) groups excluding carboxylic acids is 1. The Morgan fingerprint density at radius 1 is 1.17 bits per heavy atom. The Labute approximate surface area is 177 Å². The summed E-state index contributed by atoms with van der Waals surface area (Å²) < 4.78 is 34.0.